The van der Waals surface area contributed by atoms with E-state index in [0.29, 0.717) is 17.9 Å². The van der Waals surface area contributed by atoms with Gasteiger partial charge in [-0.05, 0) is 33.2 Å². The topological polar surface area (TPSA) is 94.1 Å². The van der Waals surface area contributed by atoms with Crippen LogP contribution in [-0.2, 0) is 0 Å². The van der Waals surface area contributed by atoms with Crippen LogP contribution in [0.2, 0.25) is 0 Å². The number of likely N-dealkylation sites (N-methyl/N-ethyl adjacent to an activating group) is 1. The molecule has 0 saturated carbocycles. The Morgan fingerprint density at radius 2 is 2.23 bits per heavy atom. The third-order valence-electron chi connectivity index (χ3n) is 3.10. The number of benzene rings is 1. The van der Waals surface area contributed by atoms with Crippen molar-refractivity contribution in [1.82, 2.24) is 25.4 Å². The first kappa shape index (κ1) is 16.1. The zero-order valence-electron chi connectivity index (χ0n) is 13.0. The molecule has 118 valence electrons. The van der Waals surface area contributed by atoms with Gasteiger partial charge in [-0.1, -0.05) is 12.1 Å². The average molecular weight is 303 g/mol. The Morgan fingerprint density at radius 3 is 2.86 bits per heavy atom. The first-order valence-electron chi connectivity index (χ1n) is 6.98. The summed E-state index contributed by atoms with van der Waals surface area (Å²) in [7, 11) is 3.74. The lowest BCUT2D eigenvalue weighted by molar-refractivity contribution is 0.0326. The van der Waals surface area contributed by atoms with E-state index in [4.69, 9.17) is 0 Å². The number of aromatic amines is 1. The van der Waals surface area contributed by atoms with Crippen LogP contribution in [-0.4, -0.2) is 63.9 Å². The van der Waals surface area contributed by atoms with Gasteiger partial charge in [-0.3, -0.25) is 9.89 Å². The van der Waals surface area contributed by atoms with E-state index in [2.05, 4.69) is 20.5 Å². The Hall–Kier alpha value is -2.25. The van der Waals surface area contributed by atoms with E-state index in [1.54, 1.807) is 25.1 Å². The number of amides is 1. The van der Waals surface area contributed by atoms with Crippen molar-refractivity contribution in [3.63, 3.8) is 0 Å². The number of nitrogens with one attached hydrogen (secondary N) is 2. The van der Waals surface area contributed by atoms with E-state index >= 15 is 0 Å². The Labute approximate surface area is 129 Å². The average Bonchev–Trinajstić information content (AvgIpc) is 2.98. The minimum absolute atomic E-state index is 0.177. The standard InChI is InChI=1S/C15H21N5O2/c1-15(22,9-20(2)3)8-16-14(21)12-6-4-5-11(7-12)13-17-10-18-19-13/h4-7,10,22H,8-9H2,1-3H3,(H,16,21)(H,17,18,19). The van der Waals surface area contributed by atoms with Gasteiger partial charge < -0.3 is 15.3 Å². The summed E-state index contributed by atoms with van der Waals surface area (Å²) in [5, 5.41) is 19.5. The second-order valence-electron chi connectivity index (χ2n) is 5.83. The van der Waals surface area contributed by atoms with Crippen LogP contribution >= 0.6 is 0 Å². The third kappa shape index (κ3) is 4.37. The van der Waals surface area contributed by atoms with Gasteiger partial charge in [0.25, 0.3) is 5.91 Å². The maximum Gasteiger partial charge on any atom is 0.251 e. The molecular formula is C15H21N5O2. The van der Waals surface area contributed by atoms with E-state index in [9.17, 15) is 9.90 Å². The van der Waals surface area contributed by atoms with Crippen LogP contribution in [0.25, 0.3) is 11.4 Å². The number of carbonyl (C=O) groups is 1. The predicted molar refractivity (Wildman–Crippen MR) is 83.3 cm³/mol. The van der Waals surface area contributed by atoms with Crippen LogP contribution in [0.1, 0.15) is 17.3 Å². The number of aromatic nitrogens is 3. The summed E-state index contributed by atoms with van der Waals surface area (Å²) in [6.45, 7) is 2.33. The number of rotatable bonds is 6. The lowest BCUT2D eigenvalue weighted by Gasteiger charge is -2.27. The van der Waals surface area contributed by atoms with Gasteiger partial charge >= 0.3 is 0 Å². The molecule has 7 nitrogen and oxygen atoms in total. The lowest BCUT2D eigenvalue weighted by Crippen LogP contribution is -2.47. The molecule has 0 bridgehead atoms. The molecule has 22 heavy (non-hydrogen) atoms. The van der Waals surface area contributed by atoms with Gasteiger partial charge in [0.1, 0.15) is 6.33 Å². The molecule has 0 aliphatic heterocycles. The molecule has 1 unspecified atom stereocenters. The molecule has 1 aromatic heterocycles. The molecular weight excluding hydrogens is 282 g/mol. The highest BCUT2D eigenvalue weighted by atomic mass is 16.3. The Kier molecular flexibility index (Phi) is 4.89. The van der Waals surface area contributed by atoms with Gasteiger partial charge in [0, 0.05) is 24.2 Å². The molecule has 0 fully saturated rings. The number of carbonyl (C=O) groups excluding carboxylic acids is 1. The zero-order valence-corrected chi connectivity index (χ0v) is 13.0. The minimum Gasteiger partial charge on any atom is -0.387 e. The van der Waals surface area contributed by atoms with E-state index < -0.39 is 5.60 Å². The summed E-state index contributed by atoms with van der Waals surface area (Å²) < 4.78 is 0. The Balaban J connectivity index is 2.03. The van der Waals surface area contributed by atoms with E-state index in [0.717, 1.165) is 5.56 Å². The molecule has 7 heteroatoms. The molecule has 2 rings (SSSR count). The number of hydrogen-bond donors (Lipinski definition) is 3. The quantitative estimate of drug-likeness (QED) is 0.723. The monoisotopic (exact) mass is 303 g/mol. The molecule has 1 aromatic carbocycles. The smallest absolute Gasteiger partial charge is 0.251 e. The van der Waals surface area contributed by atoms with Crippen LogP contribution in [0.15, 0.2) is 30.6 Å². The summed E-state index contributed by atoms with van der Waals surface area (Å²) >= 11 is 0. The fraction of sp³-hybridized carbons (Fsp3) is 0.400. The SMILES string of the molecule is CN(C)CC(C)(O)CNC(=O)c1cccc(-c2ncn[nH]2)c1. The van der Waals surface area contributed by atoms with Crippen molar-refractivity contribution < 1.29 is 9.90 Å². The molecule has 1 amide bonds. The molecule has 0 saturated heterocycles. The molecule has 1 heterocycles. The first-order chi connectivity index (χ1) is 10.4. The molecule has 0 radical (unpaired) electrons. The minimum atomic E-state index is -0.984. The second-order valence-corrected chi connectivity index (χ2v) is 5.83. The highest BCUT2D eigenvalue weighted by Crippen LogP contribution is 2.15. The third-order valence-corrected chi connectivity index (χ3v) is 3.10. The van der Waals surface area contributed by atoms with E-state index in [1.807, 2.05) is 25.1 Å². The summed E-state index contributed by atoms with van der Waals surface area (Å²) in [4.78, 5) is 18.1. The van der Waals surface area contributed by atoms with Crippen molar-refractivity contribution in [2.24, 2.45) is 0 Å². The summed E-state index contributed by atoms with van der Waals surface area (Å²) in [6.07, 6.45) is 1.42. The number of nitrogens with zero attached hydrogens (tertiary/aromatic N) is 3. The first-order valence-corrected chi connectivity index (χ1v) is 6.98. The number of hydrogen-bond acceptors (Lipinski definition) is 5. The van der Waals surface area contributed by atoms with Crippen molar-refractivity contribution in [3.8, 4) is 11.4 Å². The van der Waals surface area contributed by atoms with Gasteiger partial charge in [0.2, 0.25) is 0 Å². The maximum atomic E-state index is 12.2. The van der Waals surface area contributed by atoms with Crippen LogP contribution in [0, 0.1) is 0 Å². The highest BCUT2D eigenvalue weighted by Gasteiger charge is 2.22. The zero-order chi connectivity index (χ0) is 16.2. The van der Waals surface area contributed by atoms with Crippen LogP contribution in [0.4, 0.5) is 0 Å². The second kappa shape index (κ2) is 6.67. The predicted octanol–water partition coefficient (Wildman–Crippen LogP) is 0.514. The van der Waals surface area contributed by atoms with Crippen molar-refractivity contribution in [3.05, 3.63) is 36.2 Å². The molecule has 0 aliphatic carbocycles. The van der Waals surface area contributed by atoms with Crippen LogP contribution in [0.5, 0.6) is 0 Å². The van der Waals surface area contributed by atoms with Gasteiger partial charge in [0.15, 0.2) is 5.82 Å². The Bertz CT molecular complexity index is 623. The molecule has 2 aromatic rings. The number of H-pyrrole nitrogens is 1. The lowest BCUT2D eigenvalue weighted by atomic mass is 10.1. The van der Waals surface area contributed by atoms with Crippen molar-refractivity contribution in [2.75, 3.05) is 27.2 Å². The normalized spacial score (nSPS) is 13.9. The summed E-state index contributed by atoms with van der Waals surface area (Å²) in [5.74, 6) is 0.370. The molecule has 0 spiro atoms. The van der Waals surface area contributed by atoms with Crippen molar-refractivity contribution >= 4 is 5.91 Å². The van der Waals surface area contributed by atoms with Gasteiger partial charge in [-0.15, -0.1) is 0 Å². The largest absolute Gasteiger partial charge is 0.387 e. The number of aliphatic hydroxyl groups is 1. The molecule has 3 N–H and O–H groups in total. The van der Waals surface area contributed by atoms with E-state index in [1.165, 1.54) is 6.33 Å². The van der Waals surface area contributed by atoms with E-state index in [-0.39, 0.29) is 12.5 Å². The summed E-state index contributed by atoms with van der Waals surface area (Å²) in [5.41, 5.74) is 0.307. The fourth-order valence-electron chi connectivity index (χ4n) is 2.26. The van der Waals surface area contributed by atoms with Gasteiger partial charge in [-0.25, -0.2) is 4.98 Å². The summed E-state index contributed by atoms with van der Waals surface area (Å²) in [6, 6.07) is 7.08. The van der Waals surface area contributed by atoms with Gasteiger partial charge in [-0.2, -0.15) is 5.10 Å². The highest BCUT2D eigenvalue weighted by molar-refractivity contribution is 5.95. The van der Waals surface area contributed by atoms with Crippen molar-refractivity contribution in [1.29, 1.82) is 0 Å². The fourth-order valence-corrected chi connectivity index (χ4v) is 2.26. The van der Waals surface area contributed by atoms with Crippen LogP contribution in [0.3, 0.4) is 0 Å². The molecule has 0 aliphatic rings. The van der Waals surface area contributed by atoms with Gasteiger partial charge in [0.05, 0.1) is 5.60 Å². The molecule has 1 atom stereocenters. The maximum absolute atomic E-state index is 12.2. The van der Waals surface area contributed by atoms with Crippen LogP contribution < -0.4 is 5.32 Å². The Morgan fingerprint density at radius 1 is 1.45 bits per heavy atom. The van der Waals surface area contributed by atoms with Crippen molar-refractivity contribution in [2.45, 2.75) is 12.5 Å².